The Hall–Kier alpha value is -1.22. The average molecular weight is 840 g/mol. The monoisotopic (exact) mass is 840 g/mol. The number of esters is 2. The van der Waals surface area contributed by atoms with Gasteiger partial charge in [-0.1, -0.05) is 169 Å². The summed E-state index contributed by atoms with van der Waals surface area (Å²) in [5, 5.41) is 9.46. The molecule has 0 saturated heterocycles. The van der Waals surface area contributed by atoms with Crippen molar-refractivity contribution in [2.24, 2.45) is 0 Å². The minimum absolute atomic E-state index is 0.0125. The van der Waals surface area contributed by atoms with E-state index in [1.807, 2.05) is 0 Å². The van der Waals surface area contributed by atoms with E-state index in [2.05, 4.69) is 32.6 Å². The number of hydrogen-bond acceptors (Lipinski definition) is 8. The number of rotatable bonds is 49. The number of aliphatic hydroxyl groups is 1. The minimum atomic E-state index is -0.328. The highest BCUT2D eigenvalue weighted by atomic mass is 16.6. The predicted molar refractivity (Wildman–Crippen MR) is 249 cm³/mol. The summed E-state index contributed by atoms with van der Waals surface area (Å²) >= 11 is 0. The first kappa shape index (κ1) is 57.8. The summed E-state index contributed by atoms with van der Waals surface area (Å²) in [4.78, 5) is 28.0. The number of carbonyl (C=O) groups is 2. The lowest BCUT2D eigenvalue weighted by Crippen LogP contribution is -2.29. The van der Waals surface area contributed by atoms with Crippen molar-refractivity contribution >= 4 is 11.9 Å². The van der Waals surface area contributed by atoms with Crippen LogP contribution in [-0.2, 0) is 28.5 Å². The lowest BCUT2D eigenvalue weighted by Gasteiger charge is -2.22. The summed E-state index contributed by atoms with van der Waals surface area (Å²) in [6.07, 6.45) is 39.1. The van der Waals surface area contributed by atoms with Gasteiger partial charge in [0.05, 0.1) is 13.2 Å². The Morgan fingerprint density at radius 3 is 1.17 bits per heavy atom. The van der Waals surface area contributed by atoms with E-state index in [1.54, 1.807) is 0 Å². The molecule has 0 unspecified atom stereocenters. The van der Waals surface area contributed by atoms with E-state index >= 15 is 0 Å². The van der Waals surface area contributed by atoms with E-state index in [4.69, 9.17) is 18.9 Å². The fraction of sp³-hybridized carbons (Fsp3) is 0.961. The van der Waals surface area contributed by atoms with Crippen LogP contribution in [0.5, 0.6) is 0 Å². The van der Waals surface area contributed by atoms with Gasteiger partial charge >= 0.3 is 11.9 Å². The summed E-state index contributed by atoms with van der Waals surface area (Å²) in [7, 11) is 0. The standard InChI is InChI=1S/C51H101NO7/c1-5-9-13-17-21-27-36-48(37-28-22-18-14-10-6-2)58-50(54)38-29-23-19-25-31-40-52(42-35-43-53)41-32-26-20-24-30-39-51(55)59-49(46-56-44-33-15-11-7-3)47-57-45-34-16-12-8-4/h48-49,53H,5-47H2,1-4H3. The molecule has 0 rings (SSSR count). The lowest BCUT2D eigenvalue weighted by atomic mass is 10.0. The second kappa shape index (κ2) is 47.8. The van der Waals surface area contributed by atoms with Gasteiger partial charge in [0.2, 0.25) is 0 Å². The van der Waals surface area contributed by atoms with Crippen molar-refractivity contribution in [3.05, 3.63) is 0 Å². The van der Waals surface area contributed by atoms with Crippen LogP contribution in [0, 0.1) is 0 Å². The fourth-order valence-corrected chi connectivity index (χ4v) is 7.76. The molecule has 0 aliphatic rings. The number of ether oxygens (including phenoxy) is 4. The summed E-state index contributed by atoms with van der Waals surface area (Å²) in [5.74, 6) is -0.126. The van der Waals surface area contributed by atoms with Gasteiger partial charge in [0.25, 0.3) is 0 Å². The van der Waals surface area contributed by atoms with Crippen molar-refractivity contribution in [1.82, 2.24) is 4.90 Å². The Labute approximate surface area is 366 Å². The molecule has 0 heterocycles. The molecule has 352 valence electrons. The van der Waals surface area contributed by atoms with Gasteiger partial charge < -0.3 is 29.0 Å². The summed E-state index contributed by atoms with van der Waals surface area (Å²) in [6.45, 7) is 14.5. The maximum absolute atomic E-state index is 12.8. The third-order valence-electron chi connectivity index (χ3n) is 11.6. The van der Waals surface area contributed by atoms with Gasteiger partial charge in [0, 0.05) is 39.2 Å². The van der Waals surface area contributed by atoms with E-state index in [0.717, 1.165) is 110 Å². The second-order valence-corrected chi connectivity index (χ2v) is 17.6. The highest BCUT2D eigenvalue weighted by Crippen LogP contribution is 2.19. The molecule has 0 atom stereocenters. The Morgan fingerprint density at radius 1 is 0.407 bits per heavy atom. The Morgan fingerprint density at radius 2 is 0.746 bits per heavy atom. The SMILES string of the molecule is CCCCCCCCC(CCCCCCCC)OC(=O)CCCCCCCN(CCCO)CCCCCCCC(=O)OC(COCCCCCC)COCCCCCC. The smallest absolute Gasteiger partial charge is 0.306 e. The van der Waals surface area contributed by atoms with E-state index in [1.165, 1.54) is 122 Å². The highest BCUT2D eigenvalue weighted by molar-refractivity contribution is 5.69. The maximum atomic E-state index is 12.8. The third kappa shape index (κ3) is 43.2. The summed E-state index contributed by atoms with van der Waals surface area (Å²) in [6, 6.07) is 0. The zero-order chi connectivity index (χ0) is 43.1. The van der Waals surface area contributed by atoms with Crippen LogP contribution in [-0.4, -0.2) is 86.8 Å². The largest absolute Gasteiger partial charge is 0.462 e. The second-order valence-electron chi connectivity index (χ2n) is 17.6. The van der Waals surface area contributed by atoms with Gasteiger partial charge in [-0.2, -0.15) is 0 Å². The van der Waals surface area contributed by atoms with Gasteiger partial charge in [-0.25, -0.2) is 0 Å². The van der Waals surface area contributed by atoms with Crippen molar-refractivity contribution < 1.29 is 33.6 Å². The van der Waals surface area contributed by atoms with E-state index < -0.39 is 0 Å². The quantitative estimate of drug-likeness (QED) is 0.0478. The van der Waals surface area contributed by atoms with Gasteiger partial charge in [-0.05, 0) is 83.7 Å². The van der Waals surface area contributed by atoms with Crippen LogP contribution in [0.3, 0.4) is 0 Å². The number of hydrogen-bond donors (Lipinski definition) is 1. The first-order valence-electron chi connectivity index (χ1n) is 25.9. The molecular formula is C51H101NO7. The fourth-order valence-electron chi connectivity index (χ4n) is 7.76. The zero-order valence-corrected chi connectivity index (χ0v) is 39.9. The average Bonchev–Trinajstić information content (AvgIpc) is 3.23. The van der Waals surface area contributed by atoms with Gasteiger partial charge in [0.15, 0.2) is 0 Å². The van der Waals surface area contributed by atoms with Crippen LogP contribution >= 0.6 is 0 Å². The number of carbonyl (C=O) groups excluding carboxylic acids is 2. The molecule has 0 amide bonds. The number of nitrogens with zero attached hydrogens (tertiary/aromatic N) is 1. The van der Waals surface area contributed by atoms with Crippen LogP contribution < -0.4 is 0 Å². The van der Waals surface area contributed by atoms with Crippen LogP contribution in [0.2, 0.25) is 0 Å². The predicted octanol–water partition coefficient (Wildman–Crippen LogP) is 13.9. The summed E-state index contributed by atoms with van der Waals surface area (Å²) < 4.78 is 23.6. The molecule has 0 aliphatic heterocycles. The van der Waals surface area contributed by atoms with E-state index in [9.17, 15) is 14.7 Å². The molecule has 8 nitrogen and oxygen atoms in total. The van der Waals surface area contributed by atoms with Crippen molar-refractivity contribution in [3.8, 4) is 0 Å². The molecule has 0 aliphatic carbocycles. The highest BCUT2D eigenvalue weighted by Gasteiger charge is 2.16. The first-order valence-corrected chi connectivity index (χ1v) is 25.9. The molecule has 0 spiro atoms. The molecule has 0 bridgehead atoms. The summed E-state index contributed by atoms with van der Waals surface area (Å²) in [5.41, 5.74) is 0. The molecule has 8 heteroatoms. The lowest BCUT2D eigenvalue weighted by molar-refractivity contribution is -0.156. The normalized spacial score (nSPS) is 11.7. The number of unbranched alkanes of at least 4 members (excludes halogenated alkanes) is 24. The topological polar surface area (TPSA) is 94.5 Å². The minimum Gasteiger partial charge on any atom is -0.462 e. The molecule has 0 saturated carbocycles. The van der Waals surface area contributed by atoms with Crippen LogP contribution in [0.15, 0.2) is 0 Å². The zero-order valence-electron chi connectivity index (χ0n) is 39.9. The van der Waals surface area contributed by atoms with Crippen molar-refractivity contribution in [3.63, 3.8) is 0 Å². The molecule has 0 aromatic heterocycles. The molecule has 0 radical (unpaired) electrons. The molecule has 59 heavy (non-hydrogen) atoms. The van der Waals surface area contributed by atoms with Crippen LogP contribution in [0.25, 0.3) is 0 Å². The van der Waals surface area contributed by atoms with Crippen LogP contribution in [0.4, 0.5) is 0 Å². The Kier molecular flexibility index (Phi) is 46.8. The van der Waals surface area contributed by atoms with Crippen molar-refractivity contribution in [2.75, 3.05) is 52.7 Å². The first-order chi connectivity index (χ1) is 29.0. The van der Waals surface area contributed by atoms with Crippen molar-refractivity contribution in [2.45, 2.75) is 265 Å². The van der Waals surface area contributed by atoms with Gasteiger partial charge in [-0.15, -0.1) is 0 Å². The number of aliphatic hydroxyl groups excluding tert-OH is 1. The van der Waals surface area contributed by atoms with Crippen LogP contribution in [0.1, 0.15) is 252 Å². The molecule has 1 N–H and O–H groups in total. The Bertz CT molecular complexity index is 762. The molecule has 0 fully saturated rings. The van der Waals surface area contributed by atoms with Gasteiger partial charge in [-0.3, -0.25) is 9.59 Å². The van der Waals surface area contributed by atoms with Gasteiger partial charge in [0.1, 0.15) is 12.2 Å². The Balaban J connectivity index is 4.29. The third-order valence-corrected chi connectivity index (χ3v) is 11.6. The molecule has 0 aromatic carbocycles. The maximum Gasteiger partial charge on any atom is 0.306 e. The van der Waals surface area contributed by atoms with E-state index in [0.29, 0.717) is 39.3 Å². The molecular weight excluding hydrogens is 739 g/mol. The van der Waals surface area contributed by atoms with Crippen molar-refractivity contribution in [1.29, 1.82) is 0 Å². The molecule has 0 aromatic rings. The van der Waals surface area contributed by atoms with E-state index in [-0.39, 0.29) is 30.8 Å².